The van der Waals surface area contributed by atoms with Crippen LogP contribution in [-0.4, -0.2) is 18.5 Å². The van der Waals surface area contributed by atoms with Crippen LogP contribution in [0.5, 0.6) is 0 Å². The Balaban J connectivity index is 3.56. The van der Waals surface area contributed by atoms with Gasteiger partial charge in [-0.25, -0.2) is 0 Å². The first-order chi connectivity index (χ1) is 5.57. The first-order valence-corrected chi connectivity index (χ1v) is 4.24. The number of rotatable bonds is 6. The van der Waals surface area contributed by atoms with Gasteiger partial charge in [0.1, 0.15) is 0 Å². The third-order valence-electron chi connectivity index (χ3n) is 1.82. The molecule has 0 aliphatic heterocycles. The average molecular weight is 165 g/mol. The van der Waals surface area contributed by atoms with Crippen molar-refractivity contribution in [2.24, 2.45) is 0 Å². The maximum atomic E-state index is 3.86. The van der Waals surface area contributed by atoms with E-state index in [0.717, 1.165) is 25.1 Å². The second-order valence-corrected chi connectivity index (χ2v) is 3.18. The Kier molecular flexibility index (Phi) is 5.18. The Bertz CT molecular complexity index is 179. The molecule has 12 heavy (non-hydrogen) atoms. The highest BCUT2D eigenvalue weighted by atomic mass is 15.1. The Hall–Kier alpha value is -0.980. The summed E-state index contributed by atoms with van der Waals surface area (Å²) in [5, 5.41) is 0. The lowest BCUT2D eigenvalue weighted by molar-refractivity contribution is 0.422. The smallest absolute Gasteiger partial charge is 0.0284 e. The molecular formula is C11H19N. The van der Waals surface area contributed by atoms with E-state index in [1.807, 2.05) is 7.05 Å². The molecule has 0 aromatic carbocycles. The summed E-state index contributed by atoms with van der Waals surface area (Å²) in [5.41, 5.74) is 2.23. The largest absolute Gasteiger partial charge is 0.375 e. The summed E-state index contributed by atoms with van der Waals surface area (Å²) < 4.78 is 0. The van der Waals surface area contributed by atoms with Crippen LogP contribution in [0.4, 0.5) is 0 Å². The molecule has 0 atom stereocenters. The van der Waals surface area contributed by atoms with Gasteiger partial charge in [-0.2, -0.15) is 0 Å². The monoisotopic (exact) mass is 165 g/mol. The van der Waals surface area contributed by atoms with Gasteiger partial charge in [-0.3, -0.25) is 0 Å². The van der Waals surface area contributed by atoms with Crippen molar-refractivity contribution in [3.8, 4) is 0 Å². The standard InChI is InChI=1S/C11H19N/c1-6-11(4)12(5)9-7-8-10(2)3/h6H,1-2,4,7-9H2,3,5H3. The minimum Gasteiger partial charge on any atom is -0.375 e. The zero-order valence-electron chi connectivity index (χ0n) is 8.27. The summed E-state index contributed by atoms with van der Waals surface area (Å²) >= 11 is 0. The van der Waals surface area contributed by atoms with Crippen LogP contribution >= 0.6 is 0 Å². The van der Waals surface area contributed by atoms with E-state index in [-0.39, 0.29) is 0 Å². The molecule has 0 heterocycles. The van der Waals surface area contributed by atoms with Crippen LogP contribution in [0.15, 0.2) is 37.1 Å². The minimum absolute atomic E-state index is 0.983. The van der Waals surface area contributed by atoms with Crippen molar-refractivity contribution in [2.75, 3.05) is 13.6 Å². The SMILES string of the molecule is C=CC(=C)N(C)CCCC(=C)C. The second-order valence-electron chi connectivity index (χ2n) is 3.18. The summed E-state index contributed by atoms with van der Waals surface area (Å²) in [5.74, 6) is 0. The average Bonchev–Trinajstić information content (AvgIpc) is 2.02. The Labute approximate surface area is 76.1 Å². The molecule has 0 aliphatic rings. The van der Waals surface area contributed by atoms with E-state index < -0.39 is 0 Å². The highest BCUT2D eigenvalue weighted by Gasteiger charge is 1.96. The van der Waals surface area contributed by atoms with E-state index in [2.05, 4.69) is 31.6 Å². The van der Waals surface area contributed by atoms with Gasteiger partial charge in [0.25, 0.3) is 0 Å². The Morgan fingerprint density at radius 1 is 1.42 bits per heavy atom. The molecule has 0 aromatic rings. The summed E-state index contributed by atoms with van der Waals surface area (Å²) in [7, 11) is 2.03. The predicted octanol–water partition coefficient (Wildman–Crippen LogP) is 2.97. The number of nitrogens with zero attached hydrogens (tertiary/aromatic N) is 1. The van der Waals surface area contributed by atoms with E-state index in [1.165, 1.54) is 5.57 Å². The highest BCUT2D eigenvalue weighted by molar-refractivity contribution is 5.08. The van der Waals surface area contributed by atoms with Gasteiger partial charge in [0.05, 0.1) is 0 Å². The predicted molar refractivity (Wildman–Crippen MR) is 56.0 cm³/mol. The van der Waals surface area contributed by atoms with Crippen LogP contribution in [0.2, 0.25) is 0 Å². The molecule has 1 nitrogen and oxygen atoms in total. The number of hydrogen-bond donors (Lipinski definition) is 0. The van der Waals surface area contributed by atoms with Crippen LogP contribution in [0, 0.1) is 0 Å². The molecule has 0 unspecified atom stereocenters. The first kappa shape index (κ1) is 11.0. The fourth-order valence-corrected chi connectivity index (χ4v) is 0.917. The van der Waals surface area contributed by atoms with Crippen molar-refractivity contribution in [2.45, 2.75) is 19.8 Å². The molecule has 0 N–H and O–H groups in total. The van der Waals surface area contributed by atoms with Crippen LogP contribution < -0.4 is 0 Å². The lowest BCUT2D eigenvalue weighted by Gasteiger charge is -2.18. The third-order valence-corrected chi connectivity index (χ3v) is 1.82. The summed E-state index contributed by atoms with van der Waals surface area (Å²) in [6.45, 7) is 14.5. The first-order valence-electron chi connectivity index (χ1n) is 4.24. The lowest BCUT2D eigenvalue weighted by atomic mass is 10.2. The van der Waals surface area contributed by atoms with Gasteiger partial charge in [-0.1, -0.05) is 18.7 Å². The normalized spacial score (nSPS) is 9.17. The zero-order chi connectivity index (χ0) is 9.56. The van der Waals surface area contributed by atoms with Gasteiger partial charge in [-0.15, -0.1) is 6.58 Å². The molecular weight excluding hydrogens is 146 g/mol. The molecule has 0 amide bonds. The maximum Gasteiger partial charge on any atom is 0.0284 e. The molecule has 0 spiro atoms. The van der Waals surface area contributed by atoms with E-state index in [4.69, 9.17) is 0 Å². The van der Waals surface area contributed by atoms with Crippen LogP contribution in [-0.2, 0) is 0 Å². The lowest BCUT2D eigenvalue weighted by Crippen LogP contribution is -2.16. The van der Waals surface area contributed by atoms with Crippen LogP contribution in [0.25, 0.3) is 0 Å². The topological polar surface area (TPSA) is 3.24 Å². The van der Waals surface area contributed by atoms with Crippen LogP contribution in [0.1, 0.15) is 19.8 Å². The van der Waals surface area contributed by atoms with Crippen molar-refractivity contribution in [1.82, 2.24) is 4.90 Å². The van der Waals surface area contributed by atoms with Crippen molar-refractivity contribution < 1.29 is 0 Å². The quantitative estimate of drug-likeness (QED) is 0.432. The van der Waals surface area contributed by atoms with Gasteiger partial charge in [0.2, 0.25) is 0 Å². The van der Waals surface area contributed by atoms with Gasteiger partial charge in [0.15, 0.2) is 0 Å². The molecule has 0 saturated heterocycles. The van der Waals surface area contributed by atoms with Gasteiger partial charge < -0.3 is 4.90 Å². The van der Waals surface area contributed by atoms with E-state index in [1.54, 1.807) is 6.08 Å². The summed E-state index contributed by atoms with van der Waals surface area (Å²) in [6.07, 6.45) is 4.01. The number of allylic oxidation sites excluding steroid dienone is 2. The molecule has 0 bridgehead atoms. The molecule has 0 aromatic heterocycles. The number of hydrogen-bond acceptors (Lipinski definition) is 1. The van der Waals surface area contributed by atoms with Gasteiger partial charge >= 0.3 is 0 Å². The van der Waals surface area contributed by atoms with Crippen molar-refractivity contribution in [3.63, 3.8) is 0 Å². The Morgan fingerprint density at radius 2 is 2.00 bits per heavy atom. The maximum absolute atomic E-state index is 3.86. The van der Waals surface area contributed by atoms with Crippen molar-refractivity contribution in [1.29, 1.82) is 0 Å². The van der Waals surface area contributed by atoms with E-state index in [9.17, 15) is 0 Å². The zero-order valence-corrected chi connectivity index (χ0v) is 8.27. The van der Waals surface area contributed by atoms with Crippen LogP contribution in [0.3, 0.4) is 0 Å². The molecule has 0 radical (unpaired) electrons. The Morgan fingerprint density at radius 3 is 2.42 bits per heavy atom. The molecule has 0 fully saturated rings. The van der Waals surface area contributed by atoms with E-state index >= 15 is 0 Å². The fraction of sp³-hybridized carbons (Fsp3) is 0.455. The third kappa shape index (κ3) is 4.78. The van der Waals surface area contributed by atoms with E-state index in [0.29, 0.717) is 0 Å². The summed E-state index contributed by atoms with van der Waals surface area (Å²) in [4.78, 5) is 2.11. The van der Waals surface area contributed by atoms with Gasteiger partial charge in [0, 0.05) is 19.3 Å². The second kappa shape index (κ2) is 5.64. The fourth-order valence-electron chi connectivity index (χ4n) is 0.917. The highest BCUT2D eigenvalue weighted by Crippen LogP contribution is 2.05. The number of likely N-dealkylation sites (N-methyl/N-ethyl adjacent to an activating group) is 1. The molecule has 0 rings (SSSR count). The van der Waals surface area contributed by atoms with Crippen molar-refractivity contribution in [3.05, 3.63) is 37.1 Å². The molecule has 1 heteroatoms. The summed E-state index contributed by atoms with van der Waals surface area (Å²) in [6, 6.07) is 0. The molecule has 68 valence electrons. The van der Waals surface area contributed by atoms with Gasteiger partial charge in [-0.05, 0) is 25.8 Å². The van der Waals surface area contributed by atoms with Crippen molar-refractivity contribution >= 4 is 0 Å². The minimum atomic E-state index is 0.983. The molecule has 0 saturated carbocycles. The molecule has 0 aliphatic carbocycles.